The van der Waals surface area contributed by atoms with Crippen LogP contribution >= 0.6 is 15.9 Å². The molecule has 0 bridgehead atoms. The molecule has 3 N–H and O–H groups in total. The zero-order valence-electron chi connectivity index (χ0n) is 10.3. The topological polar surface area (TPSA) is 58.7 Å². The molecular weight excluding hydrogens is 296 g/mol. The summed E-state index contributed by atoms with van der Waals surface area (Å²) in [5.74, 6) is 0. The number of nitrogens with two attached hydrogens (primary N) is 1. The molecule has 1 fully saturated rings. The van der Waals surface area contributed by atoms with E-state index in [1.807, 2.05) is 18.2 Å². The number of ether oxygens (including phenoxy) is 1. The van der Waals surface area contributed by atoms with Crippen molar-refractivity contribution in [3.63, 3.8) is 0 Å². The van der Waals surface area contributed by atoms with E-state index >= 15 is 0 Å². The van der Waals surface area contributed by atoms with Gasteiger partial charge in [-0.15, -0.1) is 0 Å². The van der Waals surface area contributed by atoms with Gasteiger partial charge in [0.15, 0.2) is 0 Å². The van der Waals surface area contributed by atoms with Crippen LogP contribution in [0.15, 0.2) is 22.7 Å². The van der Waals surface area contributed by atoms with Crippen LogP contribution < -0.4 is 10.6 Å². The Balaban J connectivity index is 1.93. The van der Waals surface area contributed by atoms with Crippen molar-refractivity contribution in [3.05, 3.63) is 22.7 Å². The van der Waals surface area contributed by atoms with Crippen LogP contribution in [-0.4, -0.2) is 37.5 Å². The van der Waals surface area contributed by atoms with Gasteiger partial charge in [-0.2, -0.15) is 0 Å². The first-order chi connectivity index (χ1) is 8.70. The molecule has 0 atom stereocenters. The third-order valence-electron chi connectivity index (χ3n) is 3.20. The van der Waals surface area contributed by atoms with Crippen molar-refractivity contribution in [3.8, 4) is 0 Å². The van der Waals surface area contributed by atoms with E-state index in [0.717, 1.165) is 36.1 Å². The summed E-state index contributed by atoms with van der Waals surface area (Å²) >= 11 is 3.55. The summed E-state index contributed by atoms with van der Waals surface area (Å²) in [5, 5.41) is 8.74. The van der Waals surface area contributed by atoms with Gasteiger partial charge in [-0.3, -0.25) is 0 Å². The molecule has 5 heteroatoms. The number of anilines is 2. The number of aliphatic hydroxyl groups excluding tert-OH is 1. The second-order valence-corrected chi connectivity index (χ2v) is 5.35. The Labute approximate surface area is 116 Å². The van der Waals surface area contributed by atoms with E-state index in [-0.39, 0.29) is 12.7 Å². The molecular formula is C13H19BrN2O2. The van der Waals surface area contributed by atoms with E-state index in [9.17, 15) is 0 Å². The molecule has 1 aliphatic rings. The lowest BCUT2D eigenvalue weighted by atomic mass is 10.1. The highest BCUT2D eigenvalue weighted by atomic mass is 79.9. The minimum absolute atomic E-state index is 0.101. The number of halogens is 1. The van der Waals surface area contributed by atoms with E-state index in [0.29, 0.717) is 6.61 Å². The Bertz CT molecular complexity index is 393. The third kappa shape index (κ3) is 3.37. The quantitative estimate of drug-likeness (QED) is 0.835. The molecule has 4 nitrogen and oxygen atoms in total. The van der Waals surface area contributed by atoms with E-state index in [2.05, 4.69) is 20.8 Å². The maximum absolute atomic E-state index is 8.74. The summed E-state index contributed by atoms with van der Waals surface area (Å²) in [4.78, 5) is 2.34. The zero-order valence-corrected chi connectivity index (χ0v) is 11.9. The first-order valence-electron chi connectivity index (χ1n) is 6.23. The van der Waals surface area contributed by atoms with Crippen molar-refractivity contribution in [2.75, 3.05) is 36.9 Å². The molecule has 18 heavy (non-hydrogen) atoms. The molecule has 0 spiro atoms. The fourth-order valence-corrected chi connectivity index (χ4v) is 2.91. The summed E-state index contributed by atoms with van der Waals surface area (Å²) in [6, 6.07) is 5.91. The van der Waals surface area contributed by atoms with Crippen molar-refractivity contribution in [2.24, 2.45) is 0 Å². The van der Waals surface area contributed by atoms with Gasteiger partial charge in [-0.1, -0.05) is 0 Å². The third-order valence-corrected chi connectivity index (χ3v) is 3.83. The van der Waals surface area contributed by atoms with Crippen LogP contribution in [0.1, 0.15) is 12.8 Å². The Morgan fingerprint density at radius 2 is 2.11 bits per heavy atom. The second-order valence-electron chi connectivity index (χ2n) is 4.49. The SMILES string of the molecule is Nc1ccc(N2CCC(OCCO)CC2)c(Br)c1. The number of hydrogen-bond donors (Lipinski definition) is 2. The first kappa shape index (κ1) is 13.6. The molecule has 1 aromatic carbocycles. The van der Waals surface area contributed by atoms with Crippen molar-refractivity contribution >= 4 is 27.3 Å². The number of nitrogen functional groups attached to an aromatic ring is 1. The Kier molecular flexibility index (Phi) is 4.86. The van der Waals surface area contributed by atoms with Crippen molar-refractivity contribution < 1.29 is 9.84 Å². The highest BCUT2D eigenvalue weighted by molar-refractivity contribution is 9.10. The number of benzene rings is 1. The molecule has 0 aromatic heterocycles. The molecule has 2 rings (SSSR count). The Morgan fingerprint density at radius 1 is 1.39 bits per heavy atom. The van der Waals surface area contributed by atoms with E-state index in [1.54, 1.807) is 0 Å². The highest BCUT2D eigenvalue weighted by Crippen LogP contribution is 2.30. The van der Waals surface area contributed by atoms with E-state index < -0.39 is 0 Å². The molecule has 0 unspecified atom stereocenters. The van der Waals surface area contributed by atoms with Crippen molar-refractivity contribution in [1.82, 2.24) is 0 Å². The smallest absolute Gasteiger partial charge is 0.0701 e. The number of aliphatic hydroxyl groups is 1. The predicted octanol–water partition coefficient (Wildman–Crippen LogP) is 2.01. The molecule has 0 amide bonds. The first-order valence-corrected chi connectivity index (χ1v) is 7.02. The normalized spacial score (nSPS) is 17.1. The van der Waals surface area contributed by atoms with Crippen LogP contribution in [0.5, 0.6) is 0 Å². The van der Waals surface area contributed by atoms with Gasteiger partial charge in [0.2, 0.25) is 0 Å². The van der Waals surface area contributed by atoms with Crippen LogP contribution in [0, 0.1) is 0 Å². The summed E-state index contributed by atoms with van der Waals surface area (Å²) in [5.41, 5.74) is 7.70. The molecule has 1 heterocycles. The van der Waals surface area contributed by atoms with Gasteiger partial charge < -0.3 is 20.5 Å². The van der Waals surface area contributed by atoms with Crippen LogP contribution in [0.25, 0.3) is 0 Å². The second kappa shape index (κ2) is 6.41. The average Bonchev–Trinajstić information content (AvgIpc) is 2.37. The summed E-state index contributed by atoms with van der Waals surface area (Å²) in [6.07, 6.45) is 2.27. The van der Waals surface area contributed by atoms with Gasteiger partial charge in [0, 0.05) is 23.2 Å². The van der Waals surface area contributed by atoms with Crippen LogP contribution in [0.3, 0.4) is 0 Å². The van der Waals surface area contributed by atoms with E-state index in [1.165, 1.54) is 5.69 Å². The van der Waals surface area contributed by atoms with Crippen LogP contribution in [0.4, 0.5) is 11.4 Å². The standard InChI is InChI=1S/C13H19BrN2O2/c14-12-9-10(15)1-2-13(12)16-5-3-11(4-6-16)18-8-7-17/h1-2,9,11,17H,3-8,15H2. The van der Waals surface area contributed by atoms with Gasteiger partial charge in [0.05, 0.1) is 25.0 Å². The largest absolute Gasteiger partial charge is 0.399 e. The lowest BCUT2D eigenvalue weighted by molar-refractivity contribution is 0.0159. The van der Waals surface area contributed by atoms with Gasteiger partial charge in [-0.25, -0.2) is 0 Å². The Hall–Kier alpha value is -0.780. The Morgan fingerprint density at radius 3 is 2.72 bits per heavy atom. The summed E-state index contributed by atoms with van der Waals surface area (Å²) < 4.78 is 6.60. The van der Waals surface area contributed by atoms with Crippen LogP contribution in [-0.2, 0) is 4.74 Å². The fraction of sp³-hybridized carbons (Fsp3) is 0.538. The lowest BCUT2D eigenvalue weighted by Gasteiger charge is -2.34. The lowest BCUT2D eigenvalue weighted by Crippen LogP contribution is -2.37. The molecule has 1 aromatic rings. The van der Waals surface area contributed by atoms with E-state index in [4.69, 9.17) is 15.6 Å². The number of piperidine rings is 1. The highest BCUT2D eigenvalue weighted by Gasteiger charge is 2.20. The molecule has 0 aliphatic carbocycles. The molecule has 1 aliphatic heterocycles. The van der Waals surface area contributed by atoms with Crippen molar-refractivity contribution in [1.29, 1.82) is 0 Å². The van der Waals surface area contributed by atoms with Crippen LogP contribution in [0.2, 0.25) is 0 Å². The summed E-state index contributed by atoms with van der Waals surface area (Å²) in [6.45, 7) is 2.48. The molecule has 1 saturated heterocycles. The predicted molar refractivity (Wildman–Crippen MR) is 76.8 cm³/mol. The van der Waals surface area contributed by atoms with Gasteiger partial charge >= 0.3 is 0 Å². The minimum Gasteiger partial charge on any atom is -0.399 e. The van der Waals surface area contributed by atoms with Gasteiger partial charge in [-0.05, 0) is 47.0 Å². The molecule has 100 valence electrons. The monoisotopic (exact) mass is 314 g/mol. The number of rotatable bonds is 4. The van der Waals surface area contributed by atoms with Gasteiger partial charge in [0.25, 0.3) is 0 Å². The van der Waals surface area contributed by atoms with Crippen molar-refractivity contribution in [2.45, 2.75) is 18.9 Å². The number of hydrogen-bond acceptors (Lipinski definition) is 4. The van der Waals surface area contributed by atoms with Gasteiger partial charge in [0.1, 0.15) is 0 Å². The fourth-order valence-electron chi connectivity index (χ4n) is 2.26. The molecule has 0 saturated carbocycles. The number of nitrogens with zero attached hydrogens (tertiary/aromatic N) is 1. The minimum atomic E-state index is 0.101. The average molecular weight is 315 g/mol. The summed E-state index contributed by atoms with van der Waals surface area (Å²) in [7, 11) is 0. The maximum Gasteiger partial charge on any atom is 0.0701 e. The maximum atomic E-state index is 8.74. The molecule has 0 radical (unpaired) electrons. The zero-order chi connectivity index (χ0) is 13.0.